The minimum atomic E-state index is -0.157. The molecule has 0 aliphatic carbocycles. The lowest BCUT2D eigenvalue weighted by atomic mass is 10.3. The lowest BCUT2D eigenvalue weighted by Crippen LogP contribution is -2.14. The van der Waals surface area contributed by atoms with Crippen molar-refractivity contribution in [2.45, 2.75) is 0 Å². The standard InChI is InChI=1S/C14H15N3O3/c1-18-9-6-10(19-2)8-11(7-9)20-12-4-3-5-17-13(12)14(15)16/h3-8H,1-2H3,(H3,15,16). The van der Waals surface area contributed by atoms with Gasteiger partial charge in [-0.15, -0.1) is 0 Å². The maximum absolute atomic E-state index is 7.48. The van der Waals surface area contributed by atoms with Crippen LogP contribution in [0.3, 0.4) is 0 Å². The maximum Gasteiger partial charge on any atom is 0.156 e. The van der Waals surface area contributed by atoms with E-state index in [1.165, 1.54) is 0 Å². The third-order valence-corrected chi connectivity index (χ3v) is 2.58. The number of amidine groups is 1. The zero-order valence-electron chi connectivity index (χ0n) is 11.2. The highest BCUT2D eigenvalue weighted by Crippen LogP contribution is 2.31. The summed E-state index contributed by atoms with van der Waals surface area (Å²) in [6, 6.07) is 8.55. The topological polar surface area (TPSA) is 90.5 Å². The highest BCUT2D eigenvalue weighted by Gasteiger charge is 2.10. The van der Waals surface area contributed by atoms with Crippen molar-refractivity contribution >= 4 is 5.84 Å². The van der Waals surface area contributed by atoms with Crippen LogP contribution in [0.1, 0.15) is 5.69 Å². The summed E-state index contributed by atoms with van der Waals surface area (Å²) >= 11 is 0. The van der Waals surface area contributed by atoms with E-state index in [0.29, 0.717) is 23.0 Å². The molecule has 1 heterocycles. The first-order chi connectivity index (χ1) is 9.63. The van der Waals surface area contributed by atoms with Crippen LogP contribution in [-0.2, 0) is 0 Å². The quantitative estimate of drug-likeness (QED) is 0.643. The average molecular weight is 273 g/mol. The Kier molecular flexibility index (Phi) is 4.05. The van der Waals surface area contributed by atoms with Gasteiger partial charge in [0.05, 0.1) is 14.2 Å². The Balaban J connectivity index is 2.37. The number of nitrogens with zero attached hydrogens (tertiary/aromatic N) is 1. The van der Waals surface area contributed by atoms with Gasteiger partial charge >= 0.3 is 0 Å². The summed E-state index contributed by atoms with van der Waals surface area (Å²) in [5, 5.41) is 7.48. The number of pyridine rings is 1. The van der Waals surface area contributed by atoms with Crippen LogP contribution >= 0.6 is 0 Å². The molecule has 0 atom stereocenters. The number of hydrogen-bond acceptors (Lipinski definition) is 5. The van der Waals surface area contributed by atoms with Crippen LogP contribution in [0, 0.1) is 5.41 Å². The molecule has 6 nitrogen and oxygen atoms in total. The van der Waals surface area contributed by atoms with Crippen LogP contribution in [0.4, 0.5) is 0 Å². The van der Waals surface area contributed by atoms with E-state index in [1.54, 1.807) is 50.7 Å². The van der Waals surface area contributed by atoms with Gasteiger partial charge in [0.2, 0.25) is 0 Å². The molecule has 20 heavy (non-hydrogen) atoms. The van der Waals surface area contributed by atoms with Crippen molar-refractivity contribution in [2.75, 3.05) is 14.2 Å². The Bertz CT molecular complexity index is 607. The molecule has 0 unspecified atom stereocenters. The van der Waals surface area contributed by atoms with Crippen LogP contribution in [0.25, 0.3) is 0 Å². The maximum atomic E-state index is 7.48. The van der Waals surface area contributed by atoms with E-state index >= 15 is 0 Å². The molecule has 1 aromatic carbocycles. The van der Waals surface area contributed by atoms with Crippen LogP contribution in [-0.4, -0.2) is 25.0 Å². The lowest BCUT2D eigenvalue weighted by Gasteiger charge is -2.11. The van der Waals surface area contributed by atoms with E-state index in [2.05, 4.69) is 4.98 Å². The second-order valence-electron chi connectivity index (χ2n) is 3.91. The predicted molar refractivity (Wildman–Crippen MR) is 74.9 cm³/mol. The molecule has 0 saturated carbocycles. The highest BCUT2D eigenvalue weighted by molar-refractivity contribution is 5.95. The molecule has 2 aromatic rings. The first-order valence-electron chi connectivity index (χ1n) is 5.84. The van der Waals surface area contributed by atoms with Crippen LogP contribution in [0.2, 0.25) is 0 Å². The van der Waals surface area contributed by atoms with Gasteiger partial charge in [0, 0.05) is 24.4 Å². The van der Waals surface area contributed by atoms with Crippen molar-refractivity contribution in [1.82, 2.24) is 4.98 Å². The van der Waals surface area contributed by atoms with Gasteiger partial charge in [0.25, 0.3) is 0 Å². The average Bonchev–Trinajstić information content (AvgIpc) is 2.47. The monoisotopic (exact) mass is 273 g/mol. The molecule has 2 rings (SSSR count). The fourth-order valence-corrected chi connectivity index (χ4v) is 1.64. The lowest BCUT2D eigenvalue weighted by molar-refractivity contribution is 0.386. The normalized spacial score (nSPS) is 9.90. The van der Waals surface area contributed by atoms with E-state index in [4.69, 9.17) is 25.4 Å². The van der Waals surface area contributed by atoms with Crippen molar-refractivity contribution in [1.29, 1.82) is 5.41 Å². The van der Waals surface area contributed by atoms with Gasteiger partial charge in [-0.25, -0.2) is 4.98 Å². The van der Waals surface area contributed by atoms with Gasteiger partial charge in [0.1, 0.15) is 28.8 Å². The number of nitrogens with two attached hydrogens (primary N) is 1. The Morgan fingerprint density at radius 1 is 1.10 bits per heavy atom. The van der Waals surface area contributed by atoms with Crippen LogP contribution in [0.15, 0.2) is 36.5 Å². The third-order valence-electron chi connectivity index (χ3n) is 2.58. The summed E-state index contributed by atoms with van der Waals surface area (Å²) in [5.74, 6) is 1.96. The zero-order chi connectivity index (χ0) is 14.5. The van der Waals surface area contributed by atoms with Crippen LogP contribution < -0.4 is 19.9 Å². The Hall–Kier alpha value is -2.76. The first-order valence-corrected chi connectivity index (χ1v) is 5.84. The fourth-order valence-electron chi connectivity index (χ4n) is 1.64. The van der Waals surface area contributed by atoms with Crippen molar-refractivity contribution < 1.29 is 14.2 Å². The molecule has 0 spiro atoms. The molecular weight excluding hydrogens is 258 g/mol. The molecule has 0 radical (unpaired) electrons. The molecule has 0 fully saturated rings. The van der Waals surface area contributed by atoms with Crippen LogP contribution in [0.5, 0.6) is 23.0 Å². The third kappa shape index (κ3) is 2.97. The van der Waals surface area contributed by atoms with Crippen molar-refractivity contribution in [3.05, 3.63) is 42.2 Å². The minimum absolute atomic E-state index is 0.157. The molecule has 0 aliphatic rings. The van der Waals surface area contributed by atoms with Gasteiger partial charge in [-0.1, -0.05) is 0 Å². The number of methoxy groups -OCH3 is 2. The van der Waals surface area contributed by atoms with Crippen molar-refractivity contribution in [2.24, 2.45) is 5.73 Å². The number of aromatic nitrogens is 1. The fraction of sp³-hybridized carbons (Fsp3) is 0.143. The summed E-state index contributed by atoms with van der Waals surface area (Å²) in [7, 11) is 3.12. The Labute approximate surface area is 116 Å². The minimum Gasteiger partial charge on any atom is -0.496 e. The van der Waals surface area contributed by atoms with E-state index in [0.717, 1.165) is 0 Å². The predicted octanol–water partition coefficient (Wildman–Crippen LogP) is 2.18. The van der Waals surface area contributed by atoms with E-state index < -0.39 is 0 Å². The summed E-state index contributed by atoms with van der Waals surface area (Å²) in [6.45, 7) is 0. The summed E-state index contributed by atoms with van der Waals surface area (Å²) in [5.41, 5.74) is 5.76. The number of benzene rings is 1. The number of rotatable bonds is 5. The summed E-state index contributed by atoms with van der Waals surface area (Å²) in [4.78, 5) is 4.02. The van der Waals surface area contributed by atoms with Crippen molar-refractivity contribution in [3.8, 4) is 23.0 Å². The molecule has 104 valence electrons. The smallest absolute Gasteiger partial charge is 0.156 e. The largest absolute Gasteiger partial charge is 0.496 e. The Morgan fingerprint density at radius 2 is 1.70 bits per heavy atom. The molecule has 1 aromatic heterocycles. The number of nitrogens with one attached hydrogen (secondary N) is 1. The molecule has 0 amide bonds. The number of ether oxygens (including phenoxy) is 3. The molecule has 6 heteroatoms. The summed E-state index contributed by atoms with van der Waals surface area (Å²) < 4.78 is 16.1. The van der Waals surface area contributed by atoms with Crippen molar-refractivity contribution in [3.63, 3.8) is 0 Å². The first kappa shape index (κ1) is 13.7. The highest BCUT2D eigenvalue weighted by atomic mass is 16.5. The Morgan fingerprint density at radius 3 is 2.25 bits per heavy atom. The molecule has 0 bridgehead atoms. The van der Waals surface area contributed by atoms with Gasteiger partial charge < -0.3 is 19.9 Å². The van der Waals surface area contributed by atoms with E-state index in [-0.39, 0.29) is 11.5 Å². The SMILES string of the molecule is COc1cc(OC)cc(Oc2cccnc2C(=N)N)c1. The number of nitrogen functional groups attached to an aromatic ring is 1. The van der Waals surface area contributed by atoms with E-state index in [1.807, 2.05) is 0 Å². The molecule has 0 saturated heterocycles. The molecule has 0 aliphatic heterocycles. The summed E-state index contributed by atoms with van der Waals surface area (Å²) in [6.07, 6.45) is 1.55. The van der Waals surface area contributed by atoms with E-state index in [9.17, 15) is 0 Å². The zero-order valence-corrected chi connectivity index (χ0v) is 11.2. The molecular formula is C14H15N3O3. The van der Waals surface area contributed by atoms with Gasteiger partial charge in [-0.3, -0.25) is 5.41 Å². The second-order valence-corrected chi connectivity index (χ2v) is 3.91. The van der Waals surface area contributed by atoms with Gasteiger partial charge in [-0.2, -0.15) is 0 Å². The van der Waals surface area contributed by atoms with Gasteiger partial charge in [-0.05, 0) is 12.1 Å². The van der Waals surface area contributed by atoms with Gasteiger partial charge in [0.15, 0.2) is 5.75 Å². The number of hydrogen-bond donors (Lipinski definition) is 2. The second kappa shape index (κ2) is 5.92. The molecule has 3 N–H and O–H groups in total.